The standard InChI is InChI=1S/C21H26FN3O2/c1-16(2)25-13-20(27-15-17-6-8-18(22)9-7-17)12-24(14-21(25)26)11-19-5-3-4-10-23-19/h3-10,16,20H,11-15H2,1-2H3. The van der Waals surface area contributed by atoms with Crippen LogP contribution >= 0.6 is 0 Å². The van der Waals surface area contributed by atoms with Gasteiger partial charge in [0.2, 0.25) is 5.91 Å². The van der Waals surface area contributed by atoms with Gasteiger partial charge in [-0.05, 0) is 43.7 Å². The topological polar surface area (TPSA) is 45.7 Å². The van der Waals surface area contributed by atoms with Crippen molar-refractivity contribution >= 4 is 5.91 Å². The number of benzene rings is 1. The molecule has 2 heterocycles. The molecule has 0 saturated carbocycles. The molecule has 6 heteroatoms. The molecule has 3 rings (SSSR count). The lowest BCUT2D eigenvalue weighted by atomic mass is 10.2. The van der Waals surface area contributed by atoms with Crippen LogP contribution in [0, 0.1) is 5.82 Å². The molecule has 1 aromatic heterocycles. The maximum absolute atomic E-state index is 13.1. The van der Waals surface area contributed by atoms with Crippen molar-refractivity contribution in [1.82, 2.24) is 14.8 Å². The Balaban J connectivity index is 1.69. The minimum absolute atomic E-state index is 0.105. The molecule has 0 aliphatic carbocycles. The highest BCUT2D eigenvalue weighted by molar-refractivity contribution is 5.78. The first-order chi connectivity index (χ1) is 13.0. The smallest absolute Gasteiger partial charge is 0.237 e. The summed E-state index contributed by atoms with van der Waals surface area (Å²) >= 11 is 0. The van der Waals surface area contributed by atoms with Crippen LogP contribution in [0.3, 0.4) is 0 Å². The van der Waals surface area contributed by atoms with Gasteiger partial charge in [-0.15, -0.1) is 0 Å². The van der Waals surface area contributed by atoms with Gasteiger partial charge in [0.05, 0.1) is 24.9 Å². The molecule has 1 fully saturated rings. The monoisotopic (exact) mass is 371 g/mol. The number of pyridine rings is 1. The Kier molecular flexibility index (Phi) is 6.53. The summed E-state index contributed by atoms with van der Waals surface area (Å²) in [7, 11) is 0. The molecule has 1 unspecified atom stereocenters. The fourth-order valence-electron chi connectivity index (χ4n) is 3.25. The third kappa shape index (κ3) is 5.58. The molecule has 1 aliphatic heterocycles. The van der Waals surface area contributed by atoms with E-state index in [0.29, 0.717) is 32.8 Å². The fraction of sp³-hybridized carbons (Fsp3) is 0.429. The highest BCUT2D eigenvalue weighted by Crippen LogP contribution is 2.15. The SMILES string of the molecule is CC(C)N1CC(OCc2ccc(F)cc2)CN(Cc2ccccn2)CC1=O. The molecule has 144 valence electrons. The van der Waals surface area contributed by atoms with Crippen molar-refractivity contribution in [1.29, 1.82) is 0 Å². The van der Waals surface area contributed by atoms with Gasteiger partial charge in [-0.3, -0.25) is 14.7 Å². The minimum atomic E-state index is -0.258. The van der Waals surface area contributed by atoms with E-state index in [1.807, 2.05) is 36.9 Å². The maximum atomic E-state index is 13.1. The van der Waals surface area contributed by atoms with Crippen molar-refractivity contribution < 1.29 is 13.9 Å². The van der Waals surface area contributed by atoms with Gasteiger partial charge in [0.25, 0.3) is 0 Å². The first-order valence-electron chi connectivity index (χ1n) is 9.29. The average molecular weight is 371 g/mol. The van der Waals surface area contributed by atoms with E-state index in [-0.39, 0.29) is 23.9 Å². The normalized spacial score (nSPS) is 18.7. The van der Waals surface area contributed by atoms with Gasteiger partial charge in [0.15, 0.2) is 0 Å². The summed E-state index contributed by atoms with van der Waals surface area (Å²) < 4.78 is 19.2. The predicted octanol–water partition coefficient (Wildman–Crippen LogP) is 2.86. The molecule has 1 saturated heterocycles. The van der Waals surface area contributed by atoms with Crippen molar-refractivity contribution in [3.05, 3.63) is 65.7 Å². The van der Waals surface area contributed by atoms with Gasteiger partial charge in [-0.2, -0.15) is 0 Å². The van der Waals surface area contributed by atoms with Crippen molar-refractivity contribution in [3.63, 3.8) is 0 Å². The average Bonchev–Trinajstić information content (AvgIpc) is 2.80. The van der Waals surface area contributed by atoms with Crippen LogP contribution < -0.4 is 0 Å². The van der Waals surface area contributed by atoms with E-state index in [2.05, 4.69) is 9.88 Å². The number of halogens is 1. The minimum Gasteiger partial charge on any atom is -0.370 e. The molecule has 0 bridgehead atoms. The molecular weight excluding hydrogens is 345 g/mol. The Morgan fingerprint density at radius 2 is 1.96 bits per heavy atom. The molecule has 1 amide bonds. The van der Waals surface area contributed by atoms with Gasteiger partial charge in [0.1, 0.15) is 5.82 Å². The van der Waals surface area contributed by atoms with Crippen molar-refractivity contribution in [3.8, 4) is 0 Å². The quantitative estimate of drug-likeness (QED) is 0.783. The molecular formula is C21H26FN3O2. The van der Waals surface area contributed by atoms with Crippen LogP contribution in [0.1, 0.15) is 25.1 Å². The van der Waals surface area contributed by atoms with Gasteiger partial charge in [0, 0.05) is 31.9 Å². The predicted molar refractivity (Wildman–Crippen MR) is 101 cm³/mol. The molecule has 1 aliphatic rings. The molecule has 1 aromatic carbocycles. The summed E-state index contributed by atoms with van der Waals surface area (Å²) in [5, 5.41) is 0. The van der Waals surface area contributed by atoms with Crippen LogP contribution in [0.15, 0.2) is 48.7 Å². The number of nitrogens with zero attached hydrogens (tertiary/aromatic N) is 3. The number of aromatic nitrogens is 1. The number of carbonyl (C=O) groups excluding carboxylic acids is 1. The lowest BCUT2D eigenvalue weighted by Crippen LogP contribution is -2.42. The summed E-state index contributed by atoms with van der Waals surface area (Å²) in [6.07, 6.45) is 1.64. The Hall–Kier alpha value is -2.31. The summed E-state index contributed by atoms with van der Waals surface area (Å²) in [6.45, 7) is 6.58. The molecule has 0 spiro atoms. The summed E-state index contributed by atoms with van der Waals surface area (Å²) in [4.78, 5) is 21.0. The van der Waals surface area contributed by atoms with Crippen molar-refractivity contribution in [2.24, 2.45) is 0 Å². The lowest BCUT2D eigenvalue weighted by Gasteiger charge is -2.27. The van der Waals surface area contributed by atoms with Crippen molar-refractivity contribution in [2.45, 2.75) is 39.1 Å². The summed E-state index contributed by atoms with van der Waals surface area (Å²) in [6, 6.07) is 12.2. The van der Waals surface area contributed by atoms with Gasteiger partial charge in [-0.25, -0.2) is 4.39 Å². The molecule has 1 atom stereocenters. The van der Waals surface area contributed by atoms with Crippen LogP contribution in [-0.2, 0) is 22.7 Å². The number of carbonyl (C=O) groups is 1. The third-order valence-electron chi connectivity index (χ3n) is 4.68. The van der Waals surface area contributed by atoms with Gasteiger partial charge in [-0.1, -0.05) is 18.2 Å². The van der Waals surface area contributed by atoms with E-state index in [9.17, 15) is 9.18 Å². The molecule has 0 radical (unpaired) electrons. The van der Waals surface area contributed by atoms with E-state index in [1.54, 1.807) is 18.3 Å². The Morgan fingerprint density at radius 1 is 1.19 bits per heavy atom. The zero-order valence-corrected chi connectivity index (χ0v) is 15.8. The first kappa shape index (κ1) is 19.5. The van der Waals surface area contributed by atoms with Crippen LogP contribution in [-0.4, -0.2) is 52.5 Å². The van der Waals surface area contributed by atoms with E-state index in [0.717, 1.165) is 11.3 Å². The highest BCUT2D eigenvalue weighted by atomic mass is 19.1. The van der Waals surface area contributed by atoms with E-state index >= 15 is 0 Å². The molecule has 5 nitrogen and oxygen atoms in total. The van der Waals surface area contributed by atoms with Crippen LogP contribution in [0.25, 0.3) is 0 Å². The Labute approximate surface area is 159 Å². The number of hydrogen-bond donors (Lipinski definition) is 0. The maximum Gasteiger partial charge on any atom is 0.237 e. The van der Waals surface area contributed by atoms with E-state index in [4.69, 9.17) is 4.74 Å². The van der Waals surface area contributed by atoms with Gasteiger partial charge >= 0.3 is 0 Å². The molecule has 27 heavy (non-hydrogen) atoms. The summed E-state index contributed by atoms with van der Waals surface area (Å²) in [5.41, 5.74) is 1.85. The zero-order chi connectivity index (χ0) is 19.2. The van der Waals surface area contributed by atoms with E-state index in [1.165, 1.54) is 12.1 Å². The second-order valence-corrected chi connectivity index (χ2v) is 7.19. The third-order valence-corrected chi connectivity index (χ3v) is 4.68. The Morgan fingerprint density at radius 3 is 2.63 bits per heavy atom. The summed E-state index contributed by atoms with van der Waals surface area (Å²) in [5.74, 6) is -0.153. The number of ether oxygens (including phenoxy) is 1. The lowest BCUT2D eigenvalue weighted by molar-refractivity contribution is -0.133. The second kappa shape index (κ2) is 9.06. The number of rotatable bonds is 6. The highest BCUT2D eigenvalue weighted by Gasteiger charge is 2.29. The fourth-order valence-corrected chi connectivity index (χ4v) is 3.25. The number of amides is 1. The van der Waals surface area contributed by atoms with Crippen LogP contribution in [0.4, 0.5) is 4.39 Å². The van der Waals surface area contributed by atoms with Crippen molar-refractivity contribution in [2.75, 3.05) is 19.6 Å². The van der Waals surface area contributed by atoms with Crippen LogP contribution in [0.2, 0.25) is 0 Å². The largest absolute Gasteiger partial charge is 0.370 e. The van der Waals surface area contributed by atoms with E-state index < -0.39 is 0 Å². The second-order valence-electron chi connectivity index (χ2n) is 7.19. The van der Waals surface area contributed by atoms with Gasteiger partial charge < -0.3 is 9.64 Å². The first-order valence-corrected chi connectivity index (χ1v) is 9.29. The van der Waals surface area contributed by atoms with Crippen LogP contribution in [0.5, 0.6) is 0 Å². The Bertz CT molecular complexity index is 737. The zero-order valence-electron chi connectivity index (χ0n) is 15.8. The molecule has 0 N–H and O–H groups in total. The number of hydrogen-bond acceptors (Lipinski definition) is 4. The molecule has 2 aromatic rings.